The molecule has 4 atom stereocenters. The molecule has 0 bridgehead atoms. The number of nitrogens with one attached hydrogen (secondary N) is 1. The number of hydrogen-bond acceptors (Lipinski definition) is 4. The molecule has 3 aliphatic rings. The summed E-state index contributed by atoms with van der Waals surface area (Å²) in [6, 6.07) is 6.21. The van der Waals surface area contributed by atoms with Crippen molar-refractivity contribution in [3.05, 3.63) is 29.8 Å². The van der Waals surface area contributed by atoms with Gasteiger partial charge in [-0.1, -0.05) is 12.5 Å². The van der Waals surface area contributed by atoms with Crippen LogP contribution in [-0.2, 0) is 4.74 Å². The highest BCUT2D eigenvalue weighted by atomic mass is 19.3. The number of amides is 1. The van der Waals surface area contributed by atoms with Crippen LogP contribution in [0, 0.1) is 5.92 Å². The van der Waals surface area contributed by atoms with E-state index < -0.39 is 6.61 Å². The molecule has 1 aromatic carbocycles. The van der Waals surface area contributed by atoms with E-state index >= 15 is 0 Å². The number of carbonyl (C=O) groups excluding carboxylic acids is 1. The SMILES string of the molecule is O=C(N[C@@H]1[C@@H]2CCO[C@@H]2[C@H]1N1CCCCC1)c1cccc(OC(F)F)c1. The number of carbonyl (C=O) groups is 1. The van der Waals surface area contributed by atoms with Gasteiger partial charge >= 0.3 is 6.61 Å². The fourth-order valence-corrected chi connectivity index (χ4v) is 4.57. The van der Waals surface area contributed by atoms with Crippen molar-refractivity contribution >= 4 is 5.91 Å². The third kappa shape index (κ3) is 3.42. The van der Waals surface area contributed by atoms with E-state index in [0.717, 1.165) is 26.1 Å². The molecule has 142 valence electrons. The summed E-state index contributed by atoms with van der Waals surface area (Å²) in [6.07, 6.45) is 4.77. The summed E-state index contributed by atoms with van der Waals surface area (Å²) < 4.78 is 35.1. The largest absolute Gasteiger partial charge is 0.435 e. The maximum Gasteiger partial charge on any atom is 0.387 e. The van der Waals surface area contributed by atoms with Crippen LogP contribution >= 0.6 is 0 Å². The first kappa shape index (κ1) is 17.7. The lowest BCUT2D eigenvalue weighted by Gasteiger charge is -2.53. The highest BCUT2D eigenvalue weighted by molar-refractivity contribution is 5.95. The fourth-order valence-electron chi connectivity index (χ4n) is 4.57. The number of nitrogens with zero attached hydrogens (tertiary/aromatic N) is 1. The Morgan fingerprint density at radius 3 is 2.85 bits per heavy atom. The first-order valence-electron chi connectivity index (χ1n) is 9.35. The predicted octanol–water partition coefficient (Wildman–Crippen LogP) is 2.66. The number of piperidine rings is 1. The second-order valence-electron chi connectivity index (χ2n) is 7.28. The van der Waals surface area contributed by atoms with E-state index in [1.807, 2.05) is 0 Å². The summed E-state index contributed by atoms with van der Waals surface area (Å²) in [6.45, 7) is -0.0771. The summed E-state index contributed by atoms with van der Waals surface area (Å²) in [5.41, 5.74) is 0.336. The van der Waals surface area contributed by atoms with Gasteiger partial charge in [-0.05, 0) is 50.6 Å². The van der Waals surface area contributed by atoms with Gasteiger partial charge in [0.15, 0.2) is 0 Å². The van der Waals surface area contributed by atoms with Gasteiger partial charge < -0.3 is 14.8 Å². The molecule has 1 aliphatic carbocycles. The third-order valence-corrected chi connectivity index (χ3v) is 5.78. The molecule has 0 spiro atoms. The van der Waals surface area contributed by atoms with Gasteiger partial charge in [-0.15, -0.1) is 0 Å². The molecule has 1 aromatic rings. The zero-order chi connectivity index (χ0) is 18.1. The molecule has 3 fully saturated rings. The predicted molar refractivity (Wildman–Crippen MR) is 91.4 cm³/mol. The third-order valence-electron chi connectivity index (χ3n) is 5.78. The zero-order valence-electron chi connectivity index (χ0n) is 14.6. The van der Waals surface area contributed by atoms with E-state index in [9.17, 15) is 13.6 Å². The van der Waals surface area contributed by atoms with Crippen LogP contribution in [0.25, 0.3) is 0 Å². The number of ether oxygens (including phenoxy) is 2. The second-order valence-corrected chi connectivity index (χ2v) is 7.28. The number of alkyl halides is 2. The summed E-state index contributed by atoms with van der Waals surface area (Å²) in [7, 11) is 0. The minimum Gasteiger partial charge on any atom is -0.435 e. The molecule has 7 heteroatoms. The first-order chi connectivity index (χ1) is 12.6. The lowest BCUT2D eigenvalue weighted by Crippen LogP contribution is -2.71. The van der Waals surface area contributed by atoms with Crippen molar-refractivity contribution in [2.24, 2.45) is 5.92 Å². The molecule has 5 nitrogen and oxygen atoms in total. The average Bonchev–Trinajstić information content (AvgIpc) is 3.04. The van der Waals surface area contributed by atoms with Gasteiger partial charge in [0.25, 0.3) is 5.91 Å². The van der Waals surface area contributed by atoms with Crippen molar-refractivity contribution < 1.29 is 23.0 Å². The molecule has 0 aromatic heterocycles. The molecular weight excluding hydrogens is 342 g/mol. The minimum atomic E-state index is -2.90. The first-order valence-corrected chi connectivity index (χ1v) is 9.35. The van der Waals surface area contributed by atoms with E-state index in [2.05, 4.69) is 15.0 Å². The monoisotopic (exact) mass is 366 g/mol. The minimum absolute atomic E-state index is 0.00378. The molecule has 0 unspecified atom stereocenters. The van der Waals surface area contributed by atoms with Gasteiger partial charge in [-0.3, -0.25) is 9.69 Å². The van der Waals surface area contributed by atoms with E-state index in [1.165, 1.54) is 31.4 Å². The van der Waals surface area contributed by atoms with Crippen molar-refractivity contribution in [1.82, 2.24) is 10.2 Å². The quantitative estimate of drug-likeness (QED) is 0.871. The Bertz CT molecular complexity index is 651. The van der Waals surface area contributed by atoms with Crippen LogP contribution in [0.1, 0.15) is 36.0 Å². The summed E-state index contributed by atoms with van der Waals surface area (Å²) in [5.74, 6) is 0.0874. The van der Waals surface area contributed by atoms with Crippen LogP contribution in [0.5, 0.6) is 5.75 Å². The number of rotatable bonds is 5. The summed E-state index contributed by atoms with van der Waals surface area (Å²) in [4.78, 5) is 15.1. The number of halogens is 2. The van der Waals surface area contributed by atoms with Crippen LogP contribution in [0.15, 0.2) is 24.3 Å². The van der Waals surface area contributed by atoms with Gasteiger partial charge in [0.1, 0.15) is 5.75 Å². The maximum atomic E-state index is 12.7. The lowest BCUT2D eigenvalue weighted by atomic mass is 9.70. The number of fused-ring (bicyclic) bond motifs is 1. The Morgan fingerprint density at radius 1 is 1.27 bits per heavy atom. The zero-order valence-corrected chi connectivity index (χ0v) is 14.6. The molecule has 2 heterocycles. The Labute approximate surface area is 151 Å². The van der Waals surface area contributed by atoms with Crippen molar-refractivity contribution in [2.45, 2.75) is 50.5 Å². The number of likely N-dealkylation sites (tertiary alicyclic amines) is 1. The van der Waals surface area contributed by atoms with Crippen LogP contribution in [0.4, 0.5) is 8.78 Å². The van der Waals surface area contributed by atoms with E-state index in [4.69, 9.17) is 4.74 Å². The van der Waals surface area contributed by atoms with Crippen LogP contribution in [0.2, 0.25) is 0 Å². The molecule has 2 saturated heterocycles. The van der Waals surface area contributed by atoms with Crippen LogP contribution in [0.3, 0.4) is 0 Å². The molecule has 1 N–H and O–H groups in total. The Morgan fingerprint density at radius 2 is 2.08 bits per heavy atom. The lowest BCUT2D eigenvalue weighted by molar-refractivity contribution is -0.0862. The van der Waals surface area contributed by atoms with E-state index in [0.29, 0.717) is 11.5 Å². The van der Waals surface area contributed by atoms with E-state index in [-0.39, 0.29) is 29.8 Å². The topological polar surface area (TPSA) is 50.8 Å². The van der Waals surface area contributed by atoms with Crippen molar-refractivity contribution in [1.29, 1.82) is 0 Å². The average molecular weight is 366 g/mol. The van der Waals surface area contributed by atoms with Gasteiger partial charge in [-0.2, -0.15) is 8.78 Å². The smallest absolute Gasteiger partial charge is 0.387 e. The highest BCUT2D eigenvalue weighted by Crippen LogP contribution is 2.42. The highest BCUT2D eigenvalue weighted by Gasteiger charge is 2.56. The van der Waals surface area contributed by atoms with Gasteiger partial charge in [0, 0.05) is 18.1 Å². The Hall–Kier alpha value is -1.73. The summed E-state index contributed by atoms with van der Waals surface area (Å²) in [5, 5.41) is 3.13. The maximum absolute atomic E-state index is 12.7. The standard InChI is InChI=1S/C19H24F2N2O3/c20-19(21)26-13-6-4-5-12(11-13)18(24)22-15-14-7-10-25-17(14)16(15)23-8-2-1-3-9-23/h4-6,11,14-17,19H,1-3,7-10H2,(H,22,24)/t14-,15+,16-,17-/m0/s1. The number of benzene rings is 1. The molecule has 26 heavy (non-hydrogen) atoms. The summed E-state index contributed by atoms with van der Waals surface area (Å²) >= 11 is 0. The molecule has 0 radical (unpaired) electrons. The fraction of sp³-hybridized carbons (Fsp3) is 0.632. The van der Waals surface area contributed by atoms with Gasteiger partial charge in [0.05, 0.1) is 18.2 Å². The van der Waals surface area contributed by atoms with Crippen LogP contribution < -0.4 is 10.1 Å². The molecular formula is C19H24F2N2O3. The van der Waals surface area contributed by atoms with Crippen molar-refractivity contribution in [3.63, 3.8) is 0 Å². The van der Waals surface area contributed by atoms with Crippen molar-refractivity contribution in [2.75, 3.05) is 19.7 Å². The van der Waals surface area contributed by atoms with Crippen molar-refractivity contribution in [3.8, 4) is 5.75 Å². The van der Waals surface area contributed by atoms with Gasteiger partial charge in [-0.25, -0.2) is 0 Å². The Kier molecular flexibility index (Phi) is 5.09. The molecule has 1 amide bonds. The van der Waals surface area contributed by atoms with Crippen LogP contribution in [-0.4, -0.2) is 55.3 Å². The van der Waals surface area contributed by atoms with E-state index in [1.54, 1.807) is 12.1 Å². The molecule has 1 saturated carbocycles. The molecule has 4 rings (SSSR count). The molecule has 2 aliphatic heterocycles. The normalized spacial score (nSPS) is 31.3. The Balaban J connectivity index is 1.45. The second kappa shape index (κ2) is 7.48. The number of hydrogen-bond donors (Lipinski definition) is 1. The van der Waals surface area contributed by atoms with Gasteiger partial charge in [0.2, 0.25) is 0 Å².